The van der Waals surface area contributed by atoms with E-state index >= 15 is 0 Å². The number of nitrogens with zero attached hydrogens (tertiary/aromatic N) is 4. The lowest BCUT2D eigenvalue weighted by Crippen LogP contribution is -2.24. The van der Waals surface area contributed by atoms with Crippen molar-refractivity contribution in [3.05, 3.63) is 41.2 Å². The molecule has 1 fully saturated rings. The molecule has 3 rings (SSSR count). The lowest BCUT2D eigenvalue weighted by Gasteiger charge is -2.11. The van der Waals surface area contributed by atoms with Gasteiger partial charge in [0.2, 0.25) is 5.91 Å². The van der Waals surface area contributed by atoms with Crippen LogP contribution in [0.3, 0.4) is 0 Å². The van der Waals surface area contributed by atoms with Crippen LogP contribution in [0.2, 0.25) is 0 Å². The van der Waals surface area contributed by atoms with Gasteiger partial charge in [-0.05, 0) is 44.9 Å². The average molecular weight is 328 g/mol. The van der Waals surface area contributed by atoms with Gasteiger partial charge in [-0.25, -0.2) is 9.97 Å². The Hall–Kier alpha value is -2.28. The van der Waals surface area contributed by atoms with Gasteiger partial charge in [-0.15, -0.1) is 0 Å². The minimum Gasteiger partial charge on any atom is -0.350 e. The maximum absolute atomic E-state index is 12.1. The molecular weight excluding hydrogens is 304 g/mol. The molecule has 2 N–H and O–H groups in total. The molecule has 1 unspecified atom stereocenters. The first-order valence-corrected chi connectivity index (χ1v) is 8.43. The quantitative estimate of drug-likeness (QED) is 0.832. The Balaban J connectivity index is 1.54. The minimum atomic E-state index is 0.0213. The maximum atomic E-state index is 12.1. The van der Waals surface area contributed by atoms with Crippen LogP contribution >= 0.6 is 0 Å². The van der Waals surface area contributed by atoms with Crippen molar-refractivity contribution < 1.29 is 4.79 Å². The van der Waals surface area contributed by atoms with Crippen molar-refractivity contribution in [1.29, 1.82) is 0 Å². The average Bonchev–Trinajstić information content (AvgIpc) is 3.22. The Morgan fingerprint density at radius 2 is 2.33 bits per heavy atom. The highest BCUT2D eigenvalue weighted by molar-refractivity contribution is 5.76. The molecule has 2 aromatic heterocycles. The summed E-state index contributed by atoms with van der Waals surface area (Å²) < 4.78 is 1.76. The molecule has 24 heavy (non-hydrogen) atoms. The lowest BCUT2D eigenvalue weighted by atomic mass is 10.1. The first-order valence-electron chi connectivity index (χ1n) is 8.43. The smallest absolute Gasteiger partial charge is 0.220 e. The van der Waals surface area contributed by atoms with Crippen molar-refractivity contribution in [1.82, 2.24) is 30.4 Å². The summed E-state index contributed by atoms with van der Waals surface area (Å²) in [6.45, 7) is 3.50. The molecule has 7 heteroatoms. The molecule has 1 aliphatic heterocycles. The molecule has 128 valence electrons. The Kier molecular flexibility index (Phi) is 5.20. The molecule has 1 atom stereocenters. The summed E-state index contributed by atoms with van der Waals surface area (Å²) in [6, 6.07) is 4.12. The number of hydrogen-bond acceptors (Lipinski definition) is 5. The van der Waals surface area contributed by atoms with Gasteiger partial charge >= 0.3 is 0 Å². The molecule has 0 spiro atoms. The molecule has 0 saturated carbocycles. The normalized spacial score (nSPS) is 17.2. The summed E-state index contributed by atoms with van der Waals surface area (Å²) in [5.74, 6) is 0.880. The molecule has 0 aromatic carbocycles. The van der Waals surface area contributed by atoms with Crippen LogP contribution in [0.5, 0.6) is 0 Å². The maximum Gasteiger partial charge on any atom is 0.220 e. The summed E-state index contributed by atoms with van der Waals surface area (Å²) in [5, 5.41) is 10.4. The zero-order chi connectivity index (χ0) is 16.9. The molecule has 3 heterocycles. The third-order valence-electron chi connectivity index (χ3n) is 4.29. The Morgan fingerprint density at radius 3 is 3.04 bits per heavy atom. The fourth-order valence-corrected chi connectivity index (χ4v) is 2.94. The second-order valence-electron chi connectivity index (χ2n) is 6.23. The van der Waals surface area contributed by atoms with E-state index in [1.807, 2.05) is 26.1 Å². The summed E-state index contributed by atoms with van der Waals surface area (Å²) in [5.41, 5.74) is 2.87. The van der Waals surface area contributed by atoms with Gasteiger partial charge in [0, 0.05) is 31.1 Å². The van der Waals surface area contributed by atoms with Gasteiger partial charge in [0.1, 0.15) is 5.82 Å². The molecule has 1 amide bonds. The largest absolute Gasteiger partial charge is 0.350 e. The lowest BCUT2D eigenvalue weighted by molar-refractivity contribution is -0.121. The van der Waals surface area contributed by atoms with Gasteiger partial charge in [0.15, 0.2) is 0 Å². The summed E-state index contributed by atoms with van der Waals surface area (Å²) >= 11 is 0. The Bertz CT molecular complexity index is 705. The van der Waals surface area contributed by atoms with Crippen molar-refractivity contribution in [3.63, 3.8) is 0 Å². The highest BCUT2D eigenvalue weighted by Crippen LogP contribution is 2.20. The highest BCUT2D eigenvalue weighted by atomic mass is 16.1. The van der Waals surface area contributed by atoms with Crippen LogP contribution in [0.25, 0.3) is 0 Å². The number of nitrogens with one attached hydrogen (secondary N) is 2. The topological polar surface area (TPSA) is 84.7 Å². The molecule has 0 aliphatic carbocycles. The zero-order valence-electron chi connectivity index (χ0n) is 14.2. The van der Waals surface area contributed by atoms with E-state index in [-0.39, 0.29) is 11.9 Å². The van der Waals surface area contributed by atoms with Gasteiger partial charge < -0.3 is 10.6 Å². The number of carbonyl (C=O) groups is 1. The number of aromatic nitrogens is 4. The molecule has 0 bridgehead atoms. The van der Waals surface area contributed by atoms with Crippen molar-refractivity contribution in [3.8, 4) is 0 Å². The SMILES string of the molecule is Cc1cc(CCC(=O)NCc2ccnn2C)nc(C2CCCN2)n1. The van der Waals surface area contributed by atoms with E-state index in [0.29, 0.717) is 19.4 Å². The van der Waals surface area contributed by atoms with Crippen LogP contribution in [-0.2, 0) is 24.8 Å². The van der Waals surface area contributed by atoms with Crippen LogP contribution in [0.4, 0.5) is 0 Å². The van der Waals surface area contributed by atoms with Gasteiger partial charge in [-0.1, -0.05) is 0 Å². The second kappa shape index (κ2) is 7.53. The van der Waals surface area contributed by atoms with Crippen LogP contribution in [-0.4, -0.2) is 32.2 Å². The molecule has 1 aliphatic rings. The fraction of sp³-hybridized carbons (Fsp3) is 0.529. The first kappa shape index (κ1) is 16.6. The number of carbonyl (C=O) groups excluding carboxylic acids is 1. The van der Waals surface area contributed by atoms with E-state index < -0.39 is 0 Å². The number of amides is 1. The fourth-order valence-electron chi connectivity index (χ4n) is 2.94. The standard InChI is InChI=1S/C17H24N6O/c1-12-10-13(22-17(21-12)15-4-3-8-18-15)5-6-16(24)19-11-14-7-9-20-23(14)2/h7,9-10,15,18H,3-6,8,11H2,1-2H3,(H,19,24). The Labute approximate surface area is 141 Å². The van der Waals surface area contributed by atoms with Crippen LogP contribution in [0.1, 0.15) is 48.2 Å². The second-order valence-corrected chi connectivity index (χ2v) is 6.23. The van der Waals surface area contributed by atoms with E-state index in [0.717, 1.165) is 42.3 Å². The molecule has 2 aromatic rings. The predicted molar refractivity (Wildman–Crippen MR) is 90.1 cm³/mol. The van der Waals surface area contributed by atoms with Gasteiger partial charge in [0.25, 0.3) is 0 Å². The van der Waals surface area contributed by atoms with Crippen molar-refractivity contribution in [2.45, 2.75) is 45.2 Å². The van der Waals surface area contributed by atoms with Crippen LogP contribution in [0, 0.1) is 6.92 Å². The van der Waals surface area contributed by atoms with Crippen LogP contribution in [0.15, 0.2) is 18.3 Å². The molecule has 7 nitrogen and oxygen atoms in total. The van der Waals surface area contributed by atoms with Gasteiger partial charge in [-0.2, -0.15) is 5.10 Å². The minimum absolute atomic E-state index is 0.0213. The van der Waals surface area contributed by atoms with E-state index in [4.69, 9.17) is 0 Å². The first-order chi connectivity index (χ1) is 11.6. The van der Waals surface area contributed by atoms with E-state index in [2.05, 4.69) is 25.7 Å². The third kappa shape index (κ3) is 4.17. The van der Waals surface area contributed by atoms with E-state index in [9.17, 15) is 4.79 Å². The van der Waals surface area contributed by atoms with E-state index in [1.54, 1.807) is 10.9 Å². The van der Waals surface area contributed by atoms with Gasteiger partial charge in [0.05, 0.1) is 18.3 Å². The predicted octanol–water partition coefficient (Wildman–Crippen LogP) is 1.19. The highest BCUT2D eigenvalue weighted by Gasteiger charge is 2.19. The summed E-state index contributed by atoms with van der Waals surface area (Å²) in [7, 11) is 1.86. The van der Waals surface area contributed by atoms with Gasteiger partial charge in [-0.3, -0.25) is 9.48 Å². The van der Waals surface area contributed by atoms with Crippen molar-refractivity contribution >= 4 is 5.91 Å². The zero-order valence-corrected chi connectivity index (χ0v) is 14.2. The van der Waals surface area contributed by atoms with Crippen molar-refractivity contribution in [2.75, 3.05) is 6.54 Å². The summed E-state index contributed by atoms with van der Waals surface area (Å²) in [6.07, 6.45) is 5.01. The van der Waals surface area contributed by atoms with Crippen LogP contribution < -0.4 is 10.6 Å². The van der Waals surface area contributed by atoms with E-state index in [1.165, 1.54) is 0 Å². The number of aryl methyl sites for hydroxylation is 3. The number of rotatable bonds is 6. The molecule has 0 radical (unpaired) electrons. The molecular formula is C17H24N6O. The third-order valence-corrected chi connectivity index (χ3v) is 4.29. The Morgan fingerprint density at radius 1 is 1.46 bits per heavy atom. The molecule has 1 saturated heterocycles. The summed E-state index contributed by atoms with van der Waals surface area (Å²) in [4.78, 5) is 21.2. The monoisotopic (exact) mass is 328 g/mol. The van der Waals surface area contributed by atoms with Crippen molar-refractivity contribution in [2.24, 2.45) is 7.05 Å². The number of hydrogen-bond donors (Lipinski definition) is 2.